The number of rotatable bonds is 3. The predicted molar refractivity (Wildman–Crippen MR) is 85.2 cm³/mol. The zero-order chi connectivity index (χ0) is 13.5. The number of piperidine rings is 1. The highest BCUT2D eigenvalue weighted by atomic mass is 32.2. The second kappa shape index (κ2) is 8.27. The van der Waals surface area contributed by atoms with Crippen LogP contribution < -0.4 is 10.6 Å². The number of urea groups is 1. The summed E-state index contributed by atoms with van der Waals surface area (Å²) < 4.78 is 0. The summed E-state index contributed by atoms with van der Waals surface area (Å²) >= 11 is 4.13. The van der Waals surface area contributed by atoms with Gasteiger partial charge in [0, 0.05) is 54.7 Å². The Labute approximate surface area is 124 Å². The van der Waals surface area contributed by atoms with Gasteiger partial charge < -0.3 is 15.5 Å². The molecule has 2 amide bonds. The van der Waals surface area contributed by atoms with Gasteiger partial charge in [-0.15, -0.1) is 0 Å². The molecule has 0 unspecified atom stereocenters. The minimum absolute atomic E-state index is 0.0986. The Morgan fingerprint density at radius 3 is 2.37 bits per heavy atom. The molecule has 2 heterocycles. The van der Waals surface area contributed by atoms with Crippen LogP contribution in [0, 0.1) is 0 Å². The fourth-order valence-electron chi connectivity index (χ4n) is 2.56. The molecule has 19 heavy (non-hydrogen) atoms. The predicted octanol–water partition coefficient (Wildman–Crippen LogP) is 1.62. The molecule has 0 spiro atoms. The van der Waals surface area contributed by atoms with Crippen LogP contribution in [0.2, 0.25) is 0 Å². The van der Waals surface area contributed by atoms with Gasteiger partial charge in [0.15, 0.2) is 0 Å². The first-order valence-electron chi connectivity index (χ1n) is 7.24. The molecule has 2 saturated heterocycles. The molecular weight excluding hydrogens is 278 g/mol. The lowest BCUT2D eigenvalue weighted by atomic mass is 10.0. The SMILES string of the molecule is CCNC(=O)N1CCC(NC2CSCCSC2)CC1. The van der Waals surface area contributed by atoms with Crippen molar-refractivity contribution in [2.45, 2.75) is 31.8 Å². The number of carbonyl (C=O) groups is 1. The summed E-state index contributed by atoms with van der Waals surface area (Å²) in [5.74, 6) is 5.06. The van der Waals surface area contributed by atoms with Gasteiger partial charge in [-0.3, -0.25) is 0 Å². The molecule has 2 fully saturated rings. The number of likely N-dealkylation sites (tertiary alicyclic amines) is 1. The molecule has 2 N–H and O–H groups in total. The van der Waals surface area contributed by atoms with Crippen molar-refractivity contribution in [2.75, 3.05) is 42.6 Å². The summed E-state index contributed by atoms with van der Waals surface area (Å²) in [6, 6.07) is 1.34. The Kier molecular flexibility index (Phi) is 6.67. The third kappa shape index (κ3) is 5.08. The average molecular weight is 303 g/mol. The van der Waals surface area contributed by atoms with Gasteiger partial charge in [0.25, 0.3) is 0 Å². The highest BCUT2D eigenvalue weighted by Crippen LogP contribution is 2.18. The van der Waals surface area contributed by atoms with Gasteiger partial charge in [0.2, 0.25) is 0 Å². The van der Waals surface area contributed by atoms with Crippen LogP contribution in [0.15, 0.2) is 0 Å². The largest absolute Gasteiger partial charge is 0.338 e. The van der Waals surface area contributed by atoms with Gasteiger partial charge in [0.1, 0.15) is 0 Å². The quantitative estimate of drug-likeness (QED) is 0.831. The standard InChI is InChI=1S/C13H25N3OS2/c1-2-14-13(17)16-5-3-11(4-6-16)15-12-9-18-7-8-19-10-12/h11-12,15H,2-10H2,1H3,(H,14,17). The Bertz CT molecular complexity index is 275. The second-order valence-corrected chi connectivity index (χ2v) is 7.41. The van der Waals surface area contributed by atoms with Crippen molar-refractivity contribution in [2.24, 2.45) is 0 Å². The van der Waals surface area contributed by atoms with Crippen LogP contribution in [0.5, 0.6) is 0 Å². The minimum Gasteiger partial charge on any atom is -0.338 e. The molecule has 6 heteroatoms. The van der Waals surface area contributed by atoms with E-state index in [0.717, 1.165) is 25.9 Å². The van der Waals surface area contributed by atoms with E-state index < -0.39 is 0 Å². The highest BCUT2D eigenvalue weighted by molar-refractivity contribution is 8.03. The minimum atomic E-state index is 0.0986. The first-order chi connectivity index (χ1) is 9.29. The van der Waals surface area contributed by atoms with Crippen molar-refractivity contribution in [3.05, 3.63) is 0 Å². The summed E-state index contributed by atoms with van der Waals surface area (Å²) in [5, 5.41) is 6.67. The lowest BCUT2D eigenvalue weighted by molar-refractivity contribution is 0.175. The molecule has 110 valence electrons. The molecule has 0 saturated carbocycles. The molecule has 0 bridgehead atoms. The molecule has 0 aromatic heterocycles. The maximum atomic E-state index is 11.7. The van der Waals surface area contributed by atoms with Crippen LogP contribution in [-0.2, 0) is 0 Å². The van der Waals surface area contributed by atoms with Crippen molar-refractivity contribution < 1.29 is 4.79 Å². The van der Waals surface area contributed by atoms with Crippen LogP contribution in [0.3, 0.4) is 0 Å². The van der Waals surface area contributed by atoms with Gasteiger partial charge in [-0.1, -0.05) is 0 Å². The summed E-state index contributed by atoms with van der Waals surface area (Å²) in [7, 11) is 0. The Balaban J connectivity index is 1.69. The van der Waals surface area contributed by atoms with Crippen LogP contribution in [0.25, 0.3) is 0 Å². The number of hydrogen-bond acceptors (Lipinski definition) is 4. The van der Waals surface area contributed by atoms with E-state index in [1.165, 1.54) is 23.0 Å². The van der Waals surface area contributed by atoms with Crippen molar-refractivity contribution in [3.8, 4) is 0 Å². The monoisotopic (exact) mass is 303 g/mol. The third-order valence-electron chi connectivity index (χ3n) is 3.59. The smallest absolute Gasteiger partial charge is 0.317 e. The zero-order valence-electron chi connectivity index (χ0n) is 11.7. The van der Waals surface area contributed by atoms with Crippen molar-refractivity contribution in [1.82, 2.24) is 15.5 Å². The first-order valence-corrected chi connectivity index (χ1v) is 9.55. The van der Waals surface area contributed by atoms with Crippen molar-refractivity contribution >= 4 is 29.6 Å². The fourth-order valence-corrected chi connectivity index (χ4v) is 4.98. The first kappa shape index (κ1) is 15.3. The van der Waals surface area contributed by atoms with E-state index in [9.17, 15) is 4.79 Å². The maximum absolute atomic E-state index is 11.7. The van der Waals surface area contributed by atoms with Gasteiger partial charge >= 0.3 is 6.03 Å². The van der Waals surface area contributed by atoms with E-state index in [1.54, 1.807) is 0 Å². The summed E-state index contributed by atoms with van der Waals surface area (Å²) in [6.45, 7) is 4.45. The zero-order valence-corrected chi connectivity index (χ0v) is 13.3. The molecule has 0 aliphatic carbocycles. The number of hydrogen-bond donors (Lipinski definition) is 2. The van der Waals surface area contributed by atoms with E-state index >= 15 is 0 Å². The van der Waals surface area contributed by atoms with Gasteiger partial charge in [0.05, 0.1) is 0 Å². The van der Waals surface area contributed by atoms with Gasteiger partial charge in [-0.2, -0.15) is 23.5 Å². The molecule has 2 aliphatic heterocycles. The lowest BCUT2D eigenvalue weighted by Gasteiger charge is -2.34. The topological polar surface area (TPSA) is 44.4 Å². The van der Waals surface area contributed by atoms with Crippen molar-refractivity contribution in [3.63, 3.8) is 0 Å². The molecule has 0 aromatic rings. The van der Waals surface area contributed by atoms with E-state index in [2.05, 4.69) is 34.2 Å². The molecule has 0 radical (unpaired) electrons. The van der Waals surface area contributed by atoms with E-state index in [-0.39, 0.29) is 6.03 Å². The number of amides is 2. The molecule has 2 rings (SSSR count). The van der Waals surface area contributed by atoms with E-state index in [0.29, 0.717) is 18.6 Å². The normalized spacial score (nSPS) is 23.1. The van der Waals surface area contributed by atoms with Gasteiger partial charge in [-0.05, 0) is 19.8 Å². The number of nitrogens with one attached hydrogen (secondary N) is 2. The number of carbonyl (C=O) groups excluding carboxylic acids is 1. The van der Waals surface area contributed by atoms with Gasteiger partial charge in [-0.25, -0.2) is 4.79 Å². The van der Waals surface area contributed by atoms with Crippen LogP contribution in [0.4, 0.5) is 4.79 Å². The van der Waals surface area contributed by atoms with Crippen LogP contribution in [-0.4, -0.2) is 65.7 Å². The number of nitrogens with zero attached hydrogens (tertiary/aromatic N) is 1. The average Bonchev–Trinajstić information content (AvgIpc) is 2.68. The molecule has 4 nitrogen and oxygen atoms in total. The Hall–Kier alpha value is -0.0700. The highest BCUT2D eigenvalue weighted by Gasteiger charge is 2.24. The Morgan fingerprint density at radius 2 is 1.79 bits per heavy atom. The lowest BCUT2D eigenvalue weighted by Crippen LogP contribution is -2.51. The third-order valence-corrected chi connectivity index (χ3v) is 6.11. The van der Waals surface area contributed by atoms with E-state index in [4.69, 9.17) is 0 Å². The fraction of sp³-hybridized carbons (Fsp3) is 0.923. The molecule has 0 atom stereocenters. The molecular formula is C13H25N3OS2. The summed E-state index contributed by atoms with van der Waals surface area (Å²) in [5.41, 5.74) is 0. The summed E-state index contributed by atoms with van der Waals surface area (Å²) in [4.78, 5) is 13.7. The Morgan fingerprint density at radius 1 is 1.16 bits per heavy atom. The number of thioether (sulfide) groups is 2. The van der Waals surface area contributed by atoms with Crippen LogP contribution >= 0.6 is 23.5 Å². The molecule has 2 aliphatic rings. The maximum Gasteiger partial charge on any atom is 0.317 e. The second-order valence-electron chi connectivity index (χ2n) is 5.11. The van der Waals surface area contributed by atoms with E-state index in [1.807, 2.05) is 11.8 Å². The molecule has 0 aromatic carbocycles. The summed E-state index contributed by atoms with van der Waals surface area (Å²) in [6.07, 6.45) is 2.17. The van der Waals surface area contributed by atoms with Crippen molar-refractivity contribution in [1.29, 1.82) is 0 Å². The van der Waals surface area contributed by atoms with Crippen LogP contribution in [0.1, 0.15) is 19.8 Å².